The molecule has 0 amide bonds. The lowest BCUT2D eigenvalue weighted by atomic mass is 10.2. The molecule has 0 spiro atoms. The van der Waals surface area contributed by atoms with Gasteiger partial charge in [-0.15, -0.1) is 24.0 Å². The highest BCUT2D eigenvalue weighted by Crippen LogP contribution is 2.25. The van der Waals surface area contributed by atoms with Crippen LogP contribution in [-0.2, 0) is 16.6 Å². The maximum atomic E-state index is 12.8. The SMILES string of the molecule is CN=C(NCc1cccc(S(N)(=O)=O)c1)N1CCN(C(C)C(F)(F)F)CC1.I. The summed E-state index contributed by atoms with van der Waals surface area (Å²) in [5.74, 6) is 0.551. The summed E-state index contributed by atoms with van der Waals surface area (Å²) in [6, 6.07) is 4.75. The first-order valence-corrected chi connectivity index (χ1v) is 9.95. The number of nitrogens with one attached hydrogen (secondary N) is 1. The minimum Gasteiger partial charge on any atom is -0.352 e. The van der Waals surface area contributed by atoms with E-state index in [1.54, 1.807) is 19.2 Å². The smallest absolute Gasteiger partial charge is 0.352 e. The van der Waals surface area contributed by atoms with Crippen molar-refractivity contribution in [1.82, 2.24) is 15.1 Å². The molecule has 7 nitrogen and oxygen atoms in total. The first kappa shape index (κ1) is 24.9. The molecule has 160 valence electrons. The lowest BCUT2D eigenvalue weighted by Gasteiger charge is -2.39. The first-order valence-electron chi connectivity index (χ1n) is 8.40. The summed E-state index contributed by atoms with van der Waals surface area (Å²) in [5, 5.41) is 8.24. The van der Waals surface area contributed by atoms with E-state index >= 15 is 0 Å². The molecular formula is C16H25F3IN5O2S. The molecule has 28 heavy (non-hydrogen) atoms. The Balaban J connectivity index is 0.00000392. The molecule has 1 saturated heterocycles. The maximum absolute atomic E-state index is 12.8. The largest absolute Gasteiger partial charge is 0.403 e. The van der Waals surface area contributed by atoms with Gasteiger partial charge in [0.2, 0.25) is 10.0 Å². The minimum absolute atomic E-state index is 0. The number of primary sulfonamides is 1. The van der Waals surface area contributed by atoms with E-state index in [2.05, 4.69) is 10.3 Å². The van der Waals surface area contributed by atoms with Crippen LogP contribution < -0.4 is 10.5 Å². The molecule has 1 fully saturated rings. The van der Waals surface area contributed by atoms with Gasteiger partial charge < -0.3 is 10.2 Å². The second-order valence-corrected chi connectivity index (χ2v) is 7.90. The van der Waals surface area contributed by atoms with E-state index in [1.807, 2.05) is 4.90 Å². The van der Waals surface area contributed by atoms with Crippen molar-refractivity contribution in [3.8, 4) is 0 Å². The van der Waals surface area contributed by atoms with Gasteiger partial charge >= 0.3 is 6.18 Å². The number of nitrogens with zero attached hydrogens (tertiary/aromatic N) is 3. The molecular weight excluding hydrogens is 510 g/mol. The summed E-state index contributed by atoms with van der Waals surface area (Å²) in [6.07, 6.45) is -4.24. The Labute approximate surface area is 180 Å². The number of benzene rings is 1. The number of hydrogen-bond donors (Lipinski definition) is 2. The highest BCUT2D eigenvalue weighted by Gasteiger charge is 2.41. The summed E-state index contributed by atoms with van der Waals surface area (Å²) in [6.45, 7) is 2.87. The highest BCUT2D eigenvalue weighted by atomic mass is 127. The van der Waals surface area contributed by atoms with Gasteiger partial charge in [0.25, 0.3) is 0 Å². The van der Waals surface area contributed by atoms with E-state index in [1.165, 1.54) is 24.0 Å². The van der Waals surface area contributed by atoms with Crippen molar-refractivity contribution < 1.29 is 21.6 Å². The van der Waals surface area contributed by atoms with Gasteiger partial charge in [-0.1, -0.05) is 12.1 Å². The van der Waals surface area contributed by atoms with Gasteiger partial charge in [0.05, 0.1) is 4.90 Å². The lowest BCUT2D eigenvalue weighted by Crippen LogP contribution is -2.56. The van der Waals surface area contributed by atoms with Gasteiger partial charge in [-0.25, -0.2) is 13.6 Å². The number of guanidine groups is 1. The van der Waals surface area contributed by atoms with E-state index in [4.69, 9.17) is 5.14 Å². The Kier molecular flexibility index (Phi) is 8.96. The second-order valence-electron chi connectivity index (χ2n) is 6.33. The van der Waals surface area contributed by atoms with Crippen molar-refractivity contribution in [2.75, 3.05) is 33.2 Å². The van der Waals surface area contributed by atoms with Gasteiger partial charge in [-0.2, -0.15) is 13.2 Å². The first-order chi connectivity index (χ1) is 12.5. The third-order valence-electron chi connectivity index (χ3n) is 4.52. The van der Waals surface area contributed by atoms with Crippen LogP contribution in [-0.4, -0.2) is 69.6 Å². The van der Waals surface area contributed by atoms with E-state index in [9.17, 15) is 21.6 Å². The molecule has 12 heteroatoms. The van der Waals surface area contributed by atoms with Gasteiger partial charge in [-0.3, -0.25) is 9.89 Å². The molecule has 1 unspecified atom stereocenters. The second kappa shape index (κ2) is 10.1. The predicted octanol–water partition coefficient (Wildman–Crippen LogP) is 1.60. The topological polar surface area (TPSA) is 91.0 Å². The zero-order valence-electron chi connectivity index (χ0n) is 15.6. The molecule has 1 aromatic rings. The summed E-state index contributed by atoms with van der Waals surface area (Å²) >= 11 is 0. The molecule has 1 aromatic carbocycles. The average Bonchev–Trinajstić information content (AvgIpc) is 2.61. The number of sulfonamides is 1. The monoisotopic (exact) mass is 535 g/mol. The summed E-state index contributed by atoms with van der Waals surface area (Å²) in [7, 11) is -2.19. The number of alkyl halides is 3. The Morgan fingerprint density at radius 1 is 1.29 bits per heavy atom. The molecule has 1 atom stereocenters. The number of piperazine rings is 1. The van der Waals surface area contributed by atoms with Crippen molar-refractivity contribution in [3.05, 3.63) is 29.8 Å². The van der Waals surface area contributed by atoms with Crippen molar-refractivity contribution in [2.45, 2.75) is 30.6 Å². The van der Waals surface area contributed by atoms with Gasteiger partial charge in [0.15, 0.2) is 5.96 Å². The van der Waals surface area contributed by atoms with E-state index in [0.717, 1.165) is 0 Å². The number of hydrogen-bond acceptors (Lipinski definition) is 4. The standard InChI is InChI=1S/C16H24F3N5O2S.HI/c1-12(16(17,18)19)23-6-8-24(9-7-23)15(21-2)22-11-13-4-3-5-14(10-13)27(20,25)26;/h3-5,10,12H,6-9,11H2,1-2H3,(H,21,22)(H2,20,25,26);1H. The Bertz CT molecular complexity index is 781. The zero-order valence-corrected chi connectivity index (χ0v) is 18.8. The molecule has 0 aliphatic carbocycles. The van der Waals surface area contributed by atoms with Crippen LogP contribution >= 0.6 is 24.0 Å². The molecule has 1 heterocycles. The van der Waals surface area contributed by atoms with Crippen LogP contribution in [0.3, 0.4) is 0 Å². The molecule has 1 aliphatic heterocycles. The van der Waals surface area contributed by atoms with E-state index in [0.29, 0.717) is 31.2 Å². The fourth-order valence-electron chi connectivity index (χ4n) is 2.87. The third-order valence-corrected chi connectivity index (χ3v) is 5.44. The molecule has 0 aromatic heterocycles. The zero-order chi connectivity index (χ0) is 20.2. The Morgan fingerprint density at radius 2 is 1.89 bits per heavy atom. The quantitative estimate of drug-likeness (QED) is 0.348. The van der Waals surface area contributed by atoms with Gasteiger partial charge in [-0.05, 0) is 24.6 Å². The van der Waals surface area contributed by atoms with Crippen molar-refractivity contribution in [3.63, 3.8) is 0 Å². The lowest BCUT2D eigenvalue weighted by molar-refractivity contribution is -0.181. The summed E-state index contributed by atoms with van der Waals surface area (Å²) in [4.78, 5) is 7.46. The van der Waals surface area contributed by atoms with Crippen molar-refractivity contribution in [2.24, 2.45) is 10.1 Å². The predicted molar refractivity (Wildman–Crippen MR) is 112 cm³/mol. The summed E-state index contributed by atoms with van der Waals surface area (Å²) in [5.41, 5.74) is 0.701. The molecule has 3 N–H and O–H groups in total. The summed E-state index contributed by atoms with van der Waals surface area (Å²) < 4.78 is 61.4. The van der Waals surface area contributed by atoms with Crippen LogP contribution in [0.1, 0.15) is 12.5 Å². The fraction of sp³-hybridized carbons (Fsp3) is 0.562. The molecule has 0 saturated carbocycles. The maximum Gasteiger partial charge on any atom is 0.403 e. The molecule has 1 aliphatic rings. The fourth-order valence-corrected chi connectivity index (χ4v) is 3.46. The minimum atomic E-state index is -4.24. The van der Waals surface area contributed by atoms with Crippen molar-refractivity contribution in [1.29, 1.82) is 0 Å². The van der Waals surface area contributed by atoms with Gasteiger partial charge in [0, 0.05) is 39.8 Å². The third kappa shape index (κ3) is 6.74. The van der Waals surface area contributed by atoms with Crippen LogP contribution in [0.2, 0.25) is 0 Å². The van der Waals surface area contributed by atoms with E-state index in [-0.39, 0.29) is 42.0 Å². The normalized spacial score (nSPS) is 17.8. The van der Waals surface area contributed by atoms with Crippen LogP contribution in [0.15, 0.2) is 34.2 Å². The highest BCUT2D eigenvalue weighted by molar-refractivity contribution is 14.0. The number of rotatable bonds is 4. The molecule has 0 bridgehead atoms. The number of halogens is 4. The van der Waals surface area contributed by atoms with Gasteiger partial charge in [0.1, 0.15) is 6.04 Å². The van der Waals surface area contributed by atoms with E-state index < -0.39 is 22.2 Å². The molecule has 2 rings (SSSR count). The van der Waals surface area contributed by atoms with Crippen LogP contribution in [0.5, 0.6) is 0 Å². The number of nitrogens with two attached hydrogens (primary N) is 1. The molecule has 0 radical (unpaired) electrons. The Hall–Kier alpha value is -1.12. The van der Waals surface area contributed by atoms with Crippen LogP contribution in [0, 0.1) is 0 Å². The van der Waals surface area contributed by atoms with Crippen LogP contribution in [0.25, 0.3) is 0 Å². The number of aliphatic imine (C=N–C) groups is 1. The van der Waals surface area contributed by atoms with Crippen LogP contribution in [0.4, 0.5) is 13.2 Å². The van der Waals surface area contributed by atoms with Crippen molar-refractivity contribution >= 4 is 40.0 Å². The Morgan fingerprint density at radius 3 is 2.39 bits per heavy atom. The average molecular weight is 535 g/mol.